The third kappa shape index (κ3) is 3.85. The molecule has 0 amide bonds. The van der Waals surface area contributed by atoms with Crippen LogP contribution in [0.5, 0.6) is 0 Å². The normalized spacial score (nSPS) is 11.6. The van der Waals surface area contributed by atoms with E-state index in [1.54, 1.807) is 6.92 Å². The van der Waals surface area contributed by atoms with Crippen LogP contribution in [0.2, 0.25) is 0 Å². The van der Waals surface area contributed by atoms with Gasteiger partial charge in [-0.15, -0.1) is 0 Å². The van der Waals surface area contributed by atoms with Crippen molar-refractivity contribution in [3.8, 4) is 11.3 Å². The summed E-state index contributed by atoms with van der Waals surface area (Å²) in [6.45, 7) is 2.42. The quantitative estimate of drug-likeness (QED) is 0.873. The summed E-state index contributed by atoms with van der Waals surface area (Å²) in [6.07, 6.45) is -2.23. The van der Waals surface area contributed by atoms with Crippen LogP contribution in [0.25, 0.3) is 11.3 Å². The molecule has 2 rings (SSSR count). The van der Waals surface area contributed by atoms with E-state index in [1.165, 1.54) is 6.07 Å². The zero-order valence-electron chi connectivity index (χ0n) is 11.1. The van der Waals surface area contributed by atoms with Crippen molar-refractivity contribution in [2.75, 3.05) is 6.61 Å². The minimum Gasteiger partial charge on any atom is -0.374 e. The molecule has 0 aromatic carbocycles. The van der Waals surface area contributed by atoms with Gasteiger partial charge in [0.1, 0.15) is 17.1 Å². The average Bonchev–Trinajstić information content (AvgIpc) is 2.43. The predicted octanol–water partition coefficient (Wildman–Crippen LogP) is 3.76. The Hall–Kier alpha value is -1.80. The van der Waals surface area contributed by atoms with Gasteiger partial charge in [-0.3, -0.25) is 4.98 Å². The fourth-order valence-electron chi connectivity index (χ4n) is 1.78. The third-order valence-corrected chi connectivity index (χ3v) is 2.86. The summed E-state index contributed by atoms with van der Waals surface area (Å²) in [4.78, 5) is 10.6. The highest BCUT2D eigenvalue weighted by molar-refractivity contribution is 7.71. The minimum atomic E-state index is -4.48. The van der Waals surface area contributed by atoms with Crippen LogP contribution in [0.3, 0.4) is 0 Å². The molecular formula is C13H12F3N3OS. The molecule has 0 aliphatic rings. The summed E-state index contributed by atoms with van der Waals surface area (Å²) in [5, 5.41) is 0. The van der Waals surface area contributed by atoms with Crippen molar-refractivity contribution in [2.45, 2.75) is 19.7 Å². The van der Waals surface area contributed by atoms with Gasteiger partial charge in [0.05, 0.1) is 11.3 Å². The summed E-state index contributed by atoms with van der Waals surface area (Å²) in [7, 11) is 0. The van der Waals surface area contributed by atoms with Gasteiger partial charge in [0.25, 0.3) is 0 Å². The molecule has 21 heavy (non-hydrogen) atoms. The number of H-pyrrole nitrogens is 1. The van der Waals surface area contributed by atoms with E-state index in [4.69, 9.17) is 17.0 Å². The number of halogens is 3. The molecule has 0 radical (unpaired) electrons. The van der Waals surface area contributed by atoms with Gasteiger partial charge in [-0.1, -0.05) is 12.2 Å². The van der Waals surface area contributed by atoms with Crippen molar-refractivity contribution in [1.29, 1.82) is 0 Å². The van der Waals surface area contributed by atoms with Gasteiger partial charge in [-0.2, -0.15) is 13.2 Å². The van der Waals surface area contributed by atoms with Gasteiger partial charge in [0, 0.05) is 24.6 Å². The van der Waals surface area contributed by atoms with Crippen LogP contribution >= 0.6 is 12.2 Å². The third-order valence-electron chi connectivity index (χ3n) is 2.65. The van der Waals surface area contributed by atoms with Crippen molar-refractivity contribution in [1.82, 2.24) is 15.0 Å². The van der Waals surface area contributed by atoms with Crippen LogP contribution in [0.1, 0.15) is 18.3 Å². The molecule has 4 nitrogen and oxygen atoms in total. The van der Waals surface area contributed by atoms with Crippen molar-refractivity contribution in [2.24, 2.45) is 0 Å². The number of nitrogens with zero attached hydrogens (tertiary/aromatic N) is 2. The monoisotopic (exact) mass is 315 g/mol. The number of pyridine rings is 1. The lowest BCUT2D eigenvalue weighted by molar-refractivity contribution is -0.137. The molecular weight excluding hydrogens is 303 g/mol. The molecule has 2 aromatic rings. The second-order valence-corrected chi connectivity index (χ2v) is 4.55. The molecule has 0 aliphatic carbocycles. The first kappa shape index (κ1) is 15.6. The Morgan fingerprint density at radius 3 is 2.81 bits per heavy atom. The van der Waals surface area contributed by atoms with E-state index in [-0.39, 0.29) is 22.5 Å². The van der Waals surface area contributed by atoms with Crippen LogP contribution in [-0.2, 0) is 17.5 Å². The largest absolute Gasteiger partial charge is 0.417 e. The standard InChI is InChI=1S/C13H12F3N3OS/c1-2-20-7-11-18-10(5-12(21)19-11)8-6-17-4-3-9(8)13(14,15)16/h3-6H,2,7H2,1H3,(H,18,19,21). The SMILES string of the molecule is CCOCc1nc(=S)cc(-c2cnccc2C(F)(F)F)[nH]1. The number of nitrogens with one attached hydrogen (secondary N) is 1. The van der Waals surface area contributed by atoms with Gasteiger partial charge in [0.15, 0.2) is 0 Å². The lowest BCUT2D eigenvalue weighted by Crippen LogP contribution is -2.09. The van der Waals surface area contributed by atoms with Gasteiger partial charge in [-0.05, 0) is 19.1 Å². The van der Waals surface area contributed by atoms with E-state index < -0.39 is 11.7 Å². The Kier molecular flexibility index (Phi) is 4.69. The first-order valence-corrected chi connectivity index (χ1v) is 6.52. The van der Waals surface area contributed by atoms with E-state index in [9.17, 15) is 13.2 Å². The van der Waals surface area contributed by atoms with Gasteiger partial charge in [0.2, 0.25) is 0 Å². The van der Waals surface area contributed by atoms with E-state index in [0.29, 0.717) is 12.4 Å². The molecule has 0 spiro atoms. The molecule has 8 heteroatoms. The second-order valence-electron chi connectivity index (χ2n) is 4.14. The first-order chi connectivity index (χ1) is 9.91. The van der Waals surface area contributed by atoms with Crippen molar-refractivity contribution in [3.63, 3.8) is 0 Å². The molecule has 2 heterocycles. The average molecular weight is 315 g/mol. The molecule has 0 atom stereocenters. The van der Waals surface area contributed by atoms with Gasteiger partial charge >= 0.3 is 6.18 Å². The highest BCUT2D eigenvalue weighted by Gasteiger charge is 2.33. The topological polar surface area (TPSA) is 50.8 Å². The maximum absolute atomic E-state index is 13.0. The molecule has 0 aliphatic heterocycles. The predicted molar refractivity (Wildman–Crippen MR) is 73.0 cm³/mol. The van der Waals surface area contributed by atoms with E-state index in [2.05, 4.69) is 15.0 Å². The van der Waals surface area contributed by atoms with Crippen LogP contribution in [0.4, 0.5) is 13.2 Å². The van der Waals surface area contributed by atoms with E-state index >= 15 is 0 Å². The fraction of sp³-hybridized carbons (Fsp3) is 0.308. The Morgan fingerprint density at radius 2 is 2.14 bits per heavy atom. The summed E-state index contributed by atoms with van der Waals surface area (Å²) in [5.74, 6) is 0.372. The zero-order valence-corrected chi connectivity index (χ0v) is 11.9. The Bertz CT molecular complexity index is 685. The smallest absolute Gasteiger partial charge is 0.374 e. The summed E-state index contributed by atoms with van der Waals surface area (Å²) >= 11 is 4.99. The number of hydrogen-bond donors (Lipinski definition) is 1. The number of aromatic nitrogens is 3. The molecule has 1 N–H and O–H groups in total. The highest BCUT2D eigenvalue weighted by atomic mass is 32.1. The van der Waals surface area contributed by atoms with Gasteiger partial charge < -0.3 is 9.72 Å². The van der Waals surface area contributed by atoms with E-state index in [1.807, 2.05) is 0 Å². The highest BCUT2D eigenvalue weighted by Crippen LogP contribution is 2.35. The van der Waals surface area contributed by atoms with Crippen molar-refractivity contribution in [3.05, 3.63) is 40.6 Å². The number of ether oxygens (including phenoxy) is 1. The molecule has 0 saturated carbocycles. The fourth-order valence-corrected chi connectivity index (χ4v) is 2.00. The van der Waals surface area contributed by atoms with Gasteiger partial charge in [-0.25, -0.2) is 4.98 Å². The number of alkyl halides is 3. The number of hydrogen-bond acceptors (Lipinski definition) is 4. The molecule has 2 aromatic heterocycles. The summed E-state index contributed by atoms with van der Waals surface area (Å²) < 4.78 is 44.5. The summed E-state index contributed by atoms with van der Waals surface area (Å²) in [5.41, 5.74) is -0.641. The van der Waals surface area contributed by atoms with Crippen LogP contribution in [0.15, 0.2) is 24.5 Å². The van der Waals surface area contributed by atoms with Crippen LogP contribution in [-0.4, -0.2) is 21.6 Å². The minimum absolute atomic E-state index is 0.0729. The maximum atomic E-state index is 13.0. The van der Waals surface area contributed by atoms with Crippen molar-refractivity contribution >= 4 is 12.2 Å². The maximum Gasteiger partial charge on any atom is 0.417 e. The molecule has 112 valence electrons. The summed E-state index contributed by atoms with van der Waals surface area (Å²) in [6, 6.07) is 2.30. The molecule has 0 saturated heterocycles. The zero-order chi connectivity index (χ0) is 15.5. The molecule has 0 fully saturated rings. The van der Waals surface area contributed by atoms with Crippen LogP contribution < -0.4 is 0 Å². The van der Waals surface area contributed by atoms with Crippen molar-refractivity contribution < 1.29 is 17.9 Å². The molecule has 0 unspecified atom stereocenters. The Labute approximate surface area is 124 Å². The Balaban J connectivity index is 2.52. The van der Waals surface area contributed by atoms with E-state index in [0.717, 1.165) is 18.5 Å². The van der Waals surface area contributed by atoms with Crippen LogP contribution in [0, 0.1) is 4.64 Å². The lowest BCUT2D eigenvalue weighted by atomic mass is 10.1. The first-order valence-electron chi connectivity index (χ1n) is 6.11. The second kappa shape index (κ2) is 6.31. The lowest BCUT2D eigenvalue weighted by Gasteiger charge is -2.13. The number of rotatable bonds is 4. The number of aromatic amines is 1. The Morgan fingerprint density at radius 1 is 1.38 bits per heavy atom. The molecule has 0 bridgehead atoms.